The van der Waals surface area contributed by atoms with Gasteiger partial charge in [0.15, 0.2) is 0 Å². The molecule has 6 rings (SSSR count). The van der Waals surface area contributed by atoms with Crippen LogP contribution in [0.15, 0.2) is 49.1 Å². The highest BCUT2D eigenvalue weighted by Gasteiger charge is 2.35. The van der Waals surface area contributed by atoms with Gasteiger partial charge in [0.05, 0.1) is 43.1 Å². The molecule has 1 aromatic heterocycles. The normalized spacial score (nSPS) is 19.7. The monoisotopic (exact) mass is 633 g/mol. The zero-order chi connectivity index (χ0) is 32.9. The van der Waals surface area contributed by atoms with E-state index < -0.39 is 0 Å². The van der Waals surface area contributed by atoms with Crippen molar-refractivity contribution in [2.75, 3.05) is 69.4 Å². The molecule has 3 aliphatic rings. The van der Waals surface area contributed by atoms with Crippen LogP contribution in [-0.2, 0) is 22.5 Å². The highest BCUT2D eigenvalue weighted by Crippen LogP contribution is 2.40. The molecule has 10 heteroatoms. The van der Waals surface area contributed by atoms with Crippen molar-refractivity contribution in [1.82, 2.24) is 14.8 Å². The minimum absolute atomic E-state index is 0.179. The number of hydrogen-bond acceptors (Lipinski definition) is 9. The minimum atomic E-state index is -0.314. The van der Waals surface area contributed by atoms with Gasteiger partial charge in [0.25, 0.3) is 0 Å². The number of aryl methyl sites for hydroxylation is 1. The Morgan fingerprint density at radius 2 is 1.94 bits per heavy atom. The number of methoxy groups -OCH3 is 1. The van der Waals surface area contributed by atoms with E-state index >= 15 is 0 Å². The number of ether oxygens (including phenoxy) is 2. The molecule has 0 saturated carbocycles. The number of fused-ring (bicyclic) bond motifs is 2. The molecule has 4 heterocycles. The molecule has 1 amide bonds. The predicted octanol–water partition coefficient (Wildman–Crippen LogP) is 4.58. The van der Waals surface area contributed by atoms with Gasteiger partial charge in [-0.05, 0) is 55.8 Å². The number of carbonyl (C=O) groups excluding carboxylic acids is 1. The fraction of sp³-hybridized carbons (Fsp3) is 0.459. The Morgan fingerprint density at radius 1 is 1.11 bits per heavy atom. The topological polar surface area (TPSA) is 109 Å². The van der Waals surface area contributed by atoms with Gasteiger partial charge in [-0.1, -0.05) is 36.9 Å². The Labute approximate surface area is 277 Å². The molecule has 47 heavy (non-hydrogen) atoms. The van der Waals surface area contributed by atoms with Crippen molar-refractivity contribution < 1.29 is 14.3 Å². The van der Waals surface area contributed by atoms with Crippen molar-refractivity contribution in [3.05, 3.63) is 71.4 Å². The van der Waals surface area contributed by atoms with Crippen LogP contribution in [0.4, 0.5) is 11.4 Å². The Balaban J connectivity index is 1.38. The van der Waals surface area contributed by atoms with Gasteiger partial charge in [0.2, 0.25) is 11.8 Å². The Kier molecular flexibility index (Phi) is 9.91. The molecule has 3 aromatic rings. The third-order valence-electron chi connectivity index (χ3n) is 9.91. The van der Waals surface area contributed by atoms with Crippen LogP contribution in [0.3, 0.4) is 0 Å². The molecule has 2 aromatic carbocycles. The zero-order valence-electron chi connectivity index (χ0n) is 27.5. The maximum atomic E-state index is 12.7. The van der Waals surface area contributed by atoms with Crippen molar-refractivity contribution in [2.24, 2.45) is 0 Å². The Bertz CT molecular complexity index is 1720. The Morgan fingerprint density at radius 3 is 2.70 bits per heavy atom. The number of benzene rings is 2. The first-order chi connectivity index (χ1) is 23.0. The molecular weight excluding hydrogens is 590 g/mol. The molecule has 2 unspecified atom stereocenters. The fourth-order valence-corrected chi connectivity index (χ4v) is 7.57. The number of anilines is 2. The number of pyridine rings is 1. The molecule has 2 fully saturated rings. The summed E-state index contributed by atoms with van der Waals surface area (Å²) in [5.74, 6) is 0.180. The van der Waals surface area contributed by atoms with Crippen molar-refractivity contribution in [1.29, 1.82) is 10.5 Å². The summed E-state index contributed by atoms with van der Waals surface area (Å²) in [6.45, 7) is 11.5. The van der Waals surface area contributed by atoms with Gasteiger partial charge < -0.3 is 24.2 Å². The summed E-state index contributed by atoms with van der Waals surface area (Å²) in [6, 6.07) is 17.5. The predicted molar refractivity (Wildman–Crippen MR) is 182 cm³/mol. The van der Waals surface area contributed by atoms with E-state index in [0.29, 0.717) is 57.3 Å². The number of piperazine rings is 1. The van der Waals surface area contributed by atoms with Gasteiger partial charge in [0.1, 0.15) is 18.2 Å². The lowest BCUT2D eigenvalue weighted by Crippen LogP contribution is -2.55. The molecule has 0 spiro atoms. The molecular formula is C37H43N7O3. The second-order valence-corrected chi connectivity index (χ2v) is 12.6. The second-order valence-electron chi connectivity index (χ2n) is 12.6. The van der Waals surface area contributed by atoms with E-state index in [4.69, 9.17) is 14.5 Å². The van der Waals surface area contributed by atoms with Gasteiger partial charge >= 0.3 is 0 Å². The smallest absolute Gasteiger partial charge is 0.246 e. The first-order valence-electron chi connectivity index (χ1n) is 16.6. The third-order valence-corrected chi connectivity index (χ3v) is 9.91. The minimum Gasteiger partial charge on any atom is -0.475 e. The number of nitrogens with zero attached hydrogens (tertiary/aromatic N) is 7. The summed E-state index contributed by atoms with van der Waals surface area (Å²) in [5.41, 5.74) is 5.61. The molecule has 10 nitrogen and oxygen atoms in total. The highest BCUT2D eigenvalue weighted by molar-refractivity contribution is 5.97. The summed E-state index contributed by atoms with van der Waals surface area (Å²) in [5, 5.41) is 22.7. The van der Waals surface area contributed by atoms with Gasteiger partial charge in [-0.15, -0.1) is 0 Å². The highest BCUT2D eigenvalue weighted by atomic mass is 16.5. The van der Waals surface area contributed by atoms with Crippen LogP contribution in [-0.4, -0.2) is 92.4 Å². The van der Waals surface area contributed by atoms with Crippen LogP contribution in [0, 0.1) is 29.6 Å². The standard InChI is InChI=1S/C37H43N7O3/c1-4-34(45)44-19-18-43(23-28(44)13-15-38)36-30-14-17-42(33-12-6-10-27-9-5-8-26(2)35(27)33)24-32(30)40-37(31(36)22-39)47-25-29-11-7-16-41(29)20-21-46-3/h4-6,8-10,12,28-29H,1,7,11,13-14,16-21,23-25H2,2-3H3. The van der Waals surface area contributed by atoms with Gasteiger partial charge in [-0.25, -0.2) is 4.98 Å². The van der Waals surface area contributed by atoms with Crippen molar-refractivity contribution >= 4 is 28.1 Å². The van der Waals surface area contributed by atoms with Crippen LogP contribution < -0.4 is 14.5 Å². The van der Waals surface area contributed by atoms with E-state index in [1.807, 2.05) is 0 Å². The third kappa shape index (κ3) is 6.49. The maximum absolute atomic E-state index is 12.7. The van der Waals surface area contributed by atoms with Gasteiger partial charge in [-0.2, -0.15) is 10.5 Å². The number of likely N-dealkylation sites (tertiary alicyclic amines) is 1. The number of aromatic nitrogens is 1. The summed E-state index contributed by atoms with van der Waals surface area (Å²) in [6.07, 6.45) is 4.33. The summed E-state index contributed by atoms with van der Waals surface area (Å²) in [7, 11) is 1.72. The second kappa shape index (κ2) is 14.4. The molecule has 0 N–H and O–H groups in total. The number of carbonyl (C=O) groups is 1. The zero-order valence-corrected chi connectivity index (χ0v) is 27.5. The number of hydrogen-bond donors (Lipinski definition) is 0. The van der Waals surface area contributed by atoms with Crippen molar-refractivity contribution in [3.63, 3.8) is 0 Å². The Hall–Kier alpha value is -4.64. The lowest BCUT2D eigenvalue weighted by atomic mass is 9.95. The van der Waals surface area contributed by atoms with Crippen LogP contribution in [0.2, 0.25) is 0 Å². The molecule has 0 aliphatic carbocycles. The van der Waals surface area contributed by atoms with Crippen LogP contribution in [0.1, 0.15) is 41.6 Å². The SMILES string of the molecule is C=CC(=O)N1CCN(c2c(C#N)c(OCC3CCCN3CCOC)nc3c2CCN(c2cccc4cccc(C)c24)C3)CC1CC#N. The molecule has 0 bridgehead atoms. The van der Waals surface area contributed by atoms with E-state index in [9.17, 15) is 15.3 Å². The molecule has 2 saturated heterocycles. The van der Waals surface area contributed by atoms with Gasteiger partial charge in [0, 0.05) is 62.5 Å². The van der Waals surface area contributed by atoms with Crippen LogP contribution >= 0.6 is 0 Å². The molecule has 244 valence electrons. The quantitative estimate of drug-likeness (QED) is 0.296. The number of rotatable bonds is 10. The number of nitriles is 2. The molecule has 3 aliphatic heterocycles. The van der Waals surface area contributed by atoms with Crippen molar-refractivity contribution in [3.8, 4) is 18.0 Å². The van der Waals surface area contributed by atoms with Crippen LogP contribution in [0.25, 0.3) is 10.8 Å². The lowest BCUT2D eigenvalue weighted by Gasteiger charge is -2.43. The van der Waals surface area contributed by atoms with E-state index in [1.54, 1.807) is 12.0 Å². The first-order valence-corrected chi connectivity index (χ1v) is 16.6. The van der Waals surface area contributed by atoms with E-state index in [-0.39, 0.29) is 24.4 Å². The largest absolute Gasteiger partial charge is 0.475 e. The average Bonchev–Trinajstić information content (AvgIpc) is 3.55. The lowest BCUT2D eigenvalue weighted by molar-refractivity contribution is -0.128. The van der Waals surface area contributed by atoms with E-state index in [0.717, 1.165) is 49.4 Å². The fourth-order valence-electron chi connectivity index (χ4n) is 7.57. The van der Waals surface area contributed by atoms with E-state index in [2.05, 4.69) is 76.7 Å². The summed E-state index contributed by atoms with van der Waals surface area (Å²) < 4.78 is 11.8. The average molecular weight is 634 g/mol. The molecule has 2 atom stereocenters. The number of amides is 1. The summed E-state index contributed by atoms with van der Waals surface area (Å²) >= 11 is 0. The van der Waals surface area contributed by atoms with Crippen molar-refractivity contribution in [2.45, 2.75) is 51.2 Å². The molecule has 0 radical (unpaired) electrons. The maximum Gasteiger partial charge on any atom is 0.246 e. The summed E-state index contributed by atoms with van der Waals surface area (Å²) in [4.78, 5) is 26.4. The first kappa shape index (κ1) is 32.3. The van der Waals surface area contributed by atoms with Crippen LogP contribution in [0.5, 0.6) is 5.88 Å². The van der Waals surface area contributed by atoms with Gasteiger partial charge in [-0.3, -0.25) is 9.69 Å². The van der Waals surface area contributed by atoms with E-state index in [1.165, 1.54) is 28.1 Å².